The summed E-state index contributed by atoms with van der Waals surface area (Å²) in [5.41, 5.74) is 8.88. The first kappa shape index (κ1) is 13.6. The molecule has 2 aliphatic rings. The largest absolute Gasteiger partial charge is 0.442 e. The van der Waals surface area contributed by atoms with Crippen molar-refractivity contribution >= 4 is 6.09 Å². The lowest BCUT2D eigenvalue weighted by atomic mass is 9.91. The van der Waals surface area contributed by atoms with E-state index in [0.717, 1.165) is 30.7 Å². The van der Waals surface area contributed by atoms with E-state index >= 15 is 0 Å². The Morgan fingerprint density at radius 2 is 2.05 bits per heavy atom. The minimum atomic E-state index is -0.499. The van der Waals surface area contributed by atoms with Crippen molar-refractivity contribution in [1.82, 2.24) is 9.78 Å². The SMILES string of the molecule is CC(C)(C)OC(=O)n1nc(C2CC2)c2c1CCC(N)C2. The lowest BCUT2D eigenvalue weighted by Gasteiger charge is -2.22. The average molecular weight is 277 g/mol. The molecule has 0 bridgehead atoms. The monoisotopic (exact) mass is 277 g/mol. The molecule has 5 nitrogen and oxygen atoms in total. The van der Waals surface area contributed by atoms with Crippen LogP contribution in [0.1, 0.15) is 62.9 Å². The van der Waals surface area contributed by atoms with E-state index in [2.05, 4.69) is 5.10 Å². The molecular weight excluding hydrogens is 254 g/mol. The normalized spacial score (nSPS) is 22.5. The van der Waals surface area contributed by atoms with Gasteiger partial charge in [-0.25, -0.2) is 4.79 Å². The highest BCUT2D eigenvalue weighted by molar-refractivity contribution is 5.71. The van der Waals surface area contributed by atoms with Crippen LogP contribution in [-0.2, 0) is 17.6 Å². The second kappa shape index (κ2) is 4.58. The zero-order chi connectivity index (χ0) is 14.5. The molecule has 2 aliphatic carbocycles. The molecule has 110 valence electrons. The van der Waals surface area contributed by atoms with E-state index in [9.17, 15) is 4.79 Å². The summed E-state index contributed by atoms with van der Waals surface area (Å²) in [4.78, 5) is 12.3. The van der Waals surface area contributed by atoms with Crippen LogP contribution >= 0.6 is 0 Å². The summed E-state index contributed by atoms with van der Waals surface area (Å²) in [6.45, 7) is 5.62. The summed E-state index contributed by atoms with van der Waals surface area (Å²) in [6, 6.07) is 0.191. The molecule has 0 amide bonds. The Bertz CT molecular complexity index is 538. The Morgan fingerprint density at radius 1 is 1.35 bits per heavy atom. The first-order valence-electron chi connectivity index (χ1n) is 7.45. The number of nitrogens with two attached hydrogens (primary N) is 1. The van der Waals surface area contributed by atoms with Gasteiger partial charge in [-0.1, -0.05) is 0 Å². The number of carbonyl (C=O) groups excluding carboxylic acids is 1. The number of nitrogens with zero attached hydrogens (tertiary/aromatic N) is 2. The van der Waals surface area contributed by atoms with Crippen LogP contribution in [0, 0.1) is 0 Å². The third-order valence-electron chi connectivity index (χ3n) is 3.87. The van der Waals surface area contributed by atoms with Crippen molar-refractivity contribution in [2.75, 3.05) is 0 Å². The van der Waals surface area contributed by atoms with Gasteiger partial charge >= 0.3 is 6.09 Å². The molecule has 1 fully saturated rings. The third-order valence-corrected chi connectivity index (χ3v) is 3.87. The highest BCUT2D eigenvalue weighted by Crippen LogP contribution is 2.43. The second-order valence-corrected chi connectivity index (χ2v) is 6.98. The summed E-state index contributed by atoms with van der Waals surface area (Å²) >= 11 is 0. The minimum absolute atomic E-state index is 0.191. The second-order valence-electron chi connectivity index (χ2n) is 6.98. The first-order valence-corrected chi connectivity index (χ1v) is 7.45. The first-order chi connectivity index (χ1) is 9.35. The summed E-state index contributed by atoms with van der Waals surface area (Å²) in [5, 5.41) is 4.56. The van der Waals surface area contributed by atoms with E-state index in [1.807, 2.05) is 20.8 Å². The summed E-state index contributed by atoms with van der Waals surface area (Å²) < 4.78 is 6.95. The van der Waals surface area contributed by atoms with Crippen molar-refractivity contribution in [3.8, 4) is 0 Å². The van der Waals surface area contributed by atoms with Gasteiger partial charge in [0.25, 0.3) is 0 Å². The molecule has 0 saturated heterocycles. The highest BCUT2D eigenvalue weighted by atomic mass is 16.6. The number of ether oxygens (including phenoxy) is 1. The van der Waals surface area contributed by atoms with E-state index in [-0.39, 0.29) is 12.1 Å². The maximum Gasteiger partial charge on any atom is 0.435 e. The lowest BCUT2D eigenvalue weighted by molar-refractivity contribution is 0.0508. The van der Waals surface area contributed by atoms with Gasteiger partial charge in [-0.05, 0) is 58.4 Å². The van der Waals surface area contributed by atoms with Crippen LogP contribution in [0.5, 0.6) is 0 Å². The zero-order valence-electron chi connectivity index (χ0n) is 12.5. The smallest absolute Gasteiger partial charge is 0.435 e. The van der Waals surface area contributed by atoms with Crippen molar-refractivity contribution in [3.63, 3.8) is 0 Å². The molecule has 5 heteroatoms. The van der Waals surface area contributed by atoms with Crippen molar-refractivity contribution in [1.29, 1.82) is 0 Å². The van der Waals surface area contributed by atoms with Crippen molar-refractivity contribution in [2.24, 2.45) is 5.73 Å². The fourth-order valence-electron chi connectivity index (χ4n) is 2.81. The van der Waals surface area contributed by atoms with Gasteiger partial charge in [0, 0.05) is 12.0 Å². The molecule has 2 N–H and O–H groups in total. The molecule has 0 spiro atoms. The predicted molar refractivity (Wildman–Crippen MR) is 75.8 cm³/mol. The average Bonchev–Trinajstić information content (AvgIpc) is 3.08. The Labute approximate surface area is 119 Å². The number of hydrogen-bond donors (Lipinski definition) is 1. The molecular formula is C15H23N3O2. The molecule has 0 aliphatic heterocycles. The van der Waals surface area contributed by atoms with Gasteiger partial charge in [0.2, 0.25) is 0 Å². The summed E-state index contributed by atoms with van der Waals surface area (Å²) in [5.74, 6) is 0.526. The Kier molecular flexibility index (Phi) is 3.12. The fraction of sp³-hybridized carbons (Fsp3) is 0.733. The summed E-state index contributed by atoms with van der Waals surface area (Å²) in [6.07, 6.45) is 4.54. The fourth-order valence-corrected chi connectivity index (χ4v) is 2.81. The van der Waals surface area contributed by atoms with E-state index in [0.29, 0.717) is 5.92 Å². The number of carbonyl (C=O) groups is 1. The maximum absolute atomic E-state index is 12.3. The predicted octanol–water partition coefficient (Wildman–Crippen LogP) is 2.36. The van der Waals surface area contributed by atoms with Gasteiger partial charge in [0.15, 0.2) is 0 Å². The van der Waals surface area contributed by atoms with Crippen molar-refractivity contribution < 1.29 is 9.53 Å². The maximum atomic E-state index is 12.3. The highest BCUT2D eigenvalue weighted by Gasteiger charge is 2.35. The summed E-state index contributed by atoms with van der Waals surface area (Å²) in [7, 11) is 0. The molecule has 1 aromatic heterocycles. The van der Waals surface area contributed by atoms with E-state index < -0.39 is 5.60 Å². The molecule has 20 heavy (non-hydrogen) atoms. The third kappa shape index (κ3) is 2.59. The van der Waals surface area contributed by atoms with Crippen molar-refractivity contribution in [3.05, 3.63) is 17.0 Å². The molecule has 1 atom stereocenters. The van der Waals surface area contributed by atoms with Crippen LogP contribution in [0.15, 0.2) is 0 Å². The van der Waals surface area contributed by atoms with Crippen LogP contribution in [0.2, 0.25) is 0 Å². The molecule has 1 saturated carbocycles. The van der Waals surface area contributed by atoms with Crippen molar-refractivity contribution in [2.45, 2.75) is 70.4 Å². The van der Waals surface area contributed by atoms with Crippen LogP contribution in [-0.4, -0.2) is 27.5 Å². The van der Waals surface area contributed by atoms with Crippen LogP contribution < -0.4 is 5.73 Å². The van der Waals surface area contributed by atoms with Gasteiger partial charge in [-0.3, -0.25) is 0 Å². The zero-order valence-corrected chi connectivity index (χ0v) is 12.5. The van der Waals surface area contributed by atoms with E-state index in [4.69, 9.17) is 10.5 Å². The van der Waals surface area contributed by atoms with Gasteiger partial charge in [0.1, 0.15) is 5.60 Å². The number of rotatable bonds is 1. The Morgan fingerprint density at radius 3 is 2.65 bits per heavy atom. The lowest BCUT2D eigenvalue weighted by Crippen LogP contribution is -2.32. The Hall–Kier alpha value is -1.36. The molecule has 3 rings (SSSR count). The van der Waals surface area contributed by atoms with Crippen LogP contribution in [0.3, 0.4) is 0 Å². The van der Waals surface area contributed by atoms with Crippen LogP contribution in [0.4, 0.5) is 4.79 Å². The van der Waals surface area contributed by atoms with Gasteiger partial charge in [-0.15, -0.1) is 0 Å². The molecule has 0 radical (unpaired) electrons. The Balaban J connectivity index is 1.95. The van der Waals surface area contributed by atoms with Gasteiger partial charge < -0.3 is 10.5 Å². The van der Waals surface area contributed by atoms with Gasteiger partial charge in [-0.2, -0.15) is 9.78 Å². The molecule has 1 aromatic rings. The number of fused-ring (bicyclic) bond motifs is 1. The van der Waals surface area contributed by atoms with Gasteiger partial charge in [0.05, 0.1) is 11.4 Å². The quantitative estimate of drug-likeness (QED) is 0.855. The standard InChI is InChI=1S/C15H23N3O2/c1-15(2,3)20-14(19)18-12-7-6-10(16)8-11(12)13(17-18)9-4-5-9/h9-10H,4-8,16H2,1-3H3. The molecule has 1 heterocycles. The van der Waals surface area contributed by atoms with Crippen LogP contribution in [0.25, 0.3) is 0 Å². The van der Waals surface area contributed by atoms with E-state index in [1.165, 1.54) is 23.1 Å². The minimum Gasteiger partial charge on any atom is -0.442 e. The number of hydrogen-bond acceptors (Lipinski definition) is 4. The number of aromatic nitrogens is 2. The molecule has 0 aromatic carbocycles. The topological polar surface area (TPSA) is 70.1 Å². The van der Waals surface area contributed by atoms with E-state index in [1.54, 1.807) is 0 Å². The molecule has 1 unspecified atom stereocenters.